The summed E-state index contributed by atoms with van der Waals surface area (Å²) in [6.07, 6.45) is 6.39. The number of nitrogens with zero attached hydrogens (tertiary/aromatic N) is 5. The lowest BCUT2D eigenvalue weighted by Crippen LogP contribution is -2.54. The zero-order valence-corrected chi connectivity index (χ0v) is 17.4. The number of anilines is 1. The molecule has 0 bridgehead atoms. The highest BCUT2D eigenvalue weighted by Crippen LogP contribution is 2.39. The molecule has 3 heterocycles. The average Bonchev–Trinajstić information content (AvgIpc) is 3.39. The van der Waals surface area contributed by atoms with Crippen LogP contribution in [0.3, 0.4) is 0 Å². The molecule has 2 atom stereocenters. The van der Waals surface area contributed by atoms with Gasteiger partial charge < -0.3 is 4.57 Å². The third-order valence-electron chi connectivity index (χ3n) is 6.64. The smallest absolute Gasteiger partial charge is 0.281 e. The molecule has 3 aliphatic rings. The normalized spacial score (nSPS) is 22.1. The van der Waals surface area contributed by atoms with Crippen molar-refractivity contribution in [3.63, 3.8) is 0 Å². The van der Waals surface area contributed by atoms with Crippen LogP contribution in [0.25, 0.3) is 0 Å². The van der Waals surface area contributed by atoms with E-state index in [1.165, 1.54) is 12.8 Å². The number of fused-ring (bicyclic) bond motifs is 5. The van der Waals surface area contributed by atoms with Gasteiger partial charge in [0.25, 0.3) is 5.91 Å². The number of benzene rings is 2. The molecule has 156 valence electrons. The van der Waals surface area contributed by atoms with Crippen LogP contribution < -0.4 is 4.90 Å². The predicted molar refractivity (Wildman–Crippen MR) is 120 cm³/mol. The minimum absolute atomic E-state index is 0.0130. The van der Waals surface area contributed by atoms with Crippen molar-refractivity contribution < 1.29 is 4.79 Å². The second kappa shape index (κ2) is 7.38. The number of carbonyl (C=O) groups excluding carboxylic acids is 1. The first-order chi connectivity index (χ1) is 15.3. The molecule has 0 unspecified atom stereocenters. The van der Waals surface area contributed by atoms with Gasteiger partial charge in [-0.2, -0.15) is 0 Å². The number of hydrogen-bond donors (Lipinski definition) is 0. The second-order valence-electron chi connectivity index (χ2n) is 8.63. The van der Waals surface area contributed by atoms with Crippen LogP contribution in [0.1, 0.15) is 47.3 Å². The number of aliphatic imine (C=N–C) groups is 1. The number of guanidine groups is 1. The summed E-state index contributed by atoms with van der Waals surface area (Å²) >= 11 is 0. The molecule has 0 radical (unpaired) electrons. The van der Waals surface area contributed by atoms with Crippen LogP contribution in [-0.2, 0) is 13.1 Å². The highest BCUT2D eigenvalue weighted by Gasteiger charge is 2.48. The maximum absolute atomic E-state index is 13.8. The van der Waals surface area contributed by atoms with Crippen LogP contribution >= 0.6 is 0 Å². The quantitative estimate of drug-likeness (QED) is 0.650. The molecule has 3 aromatic rings. The van der Waals surface area contributed by atoms with Crippen LogP contribution in [0.15, 0.2) is 72.0 Å². The van der Waals surface area contributed by atoms with Gasteiger partial charge in [-0.1, -0.05) is 73.5 Å². The van der Waals surface area contributed by atoms with Crippen molar-refractivity contribution in [3.05, 3.63) is 83.8 Å². The van der Waals surface area contributed by atoms with Gasteiger partial charge in [0.15, 0.2) is 11.5 Å². The Morgan fingerprint density at radius 2 is 1.55 bits per heavy atom. The first kappa shape index (κ1) is 18.4. The fourth-order valence-electron chi connectivity index (χ4n) is 5.15. The van der Waals surface area contributed by atoms with Crippen molar-refractivity contribution in [1.82, 2.24) is 14.5 Å². The number of aromatic nitrogens is 2. The van der Waals surface area contributed by atoms with Gasteiger partial charge in [0.2, 0.25) is 5.96 Å². The Bertz CT molecular complexity index is 1140. The molecule has 6 nitrogen and oxygen atoms in total. The molecule has 1 saturated carbocycles. The zero-order chi connectivity index (χ0) is 20.8. The number of hydrogen-bond acceptors (Lipinski definition) is 4. The summed E-state index contributed by atoms with van der Waals surface area (Å²) in [5.74, 6) is 1.54. The predicted octanol–water partition coefficient (Wildman–Crippen LogP) is 4.07. The molecule has 6 heteroatoms. The van der Waals surface area contributed by atoms with E-state index in [-0.39, 0.29) is 11.9 Å². The molecule has 1 aliphatic carbocycles. The average molecular weight is 412 g/mol. The standard InChI is InChI=1S/C25H25N5O/c31-24-22-23(26-17-28(22)15-18-9-3-1-4-10-18)30-21-14-8-7-13-20(21)27-25(30)29(24)16-19-11-5-2-6-12-19/h1-6,9-12,17,20-21H,7-8,13-16H2/t20-,21+/m1/s1. The number of rotatable bonds is 4. The topological polar surface area (TPSA) is 53.7 Å². The molecule has 1 fully saturated rings. The van der Waals surface area contributed by atoms with E-state index in [1.807, 2.05) is 52.2 Å². The lowest BCUT2D eigenvalue weighted by molar-refractivity contribution is 0.0822. The van der Waals surface area contributed by atoms with Crippen molar-refractivity contribution in [1.29, 1.82) is 0 Å². The number of amides is 1. The van der Waals surface area contributed by atoms with E-state index in [1.54, 1.807) is 0 Å². The summed E-state index contributed by atoms with van der Waals surface area (Å²) in [7, 11) is 0. The molecule has 2 aromatic carbocycles. The van der Waals surface area contributed by atoms with Crippen LogP contribution in [0.4, 0.5) is 5.82 Å². The molecular weight excluding hydrogens is 386 g/mol. The number of carbonyl (C=O) groups is 1. The fraction of sp³-hybridized carbons (Fsp3) is 0.320. The molecule has 0 spiro atoms. The summed E-state index contributed by atoms with van der Waals surface area (Å²) in [6, 6.07) is 21.0. The van der Waals surface area contributed by atoms with Gasteiger partial charge in [0.1, 0.15) is 0 Å². The van der Waals surface area contributed by atoms with Crippen molar-refractivity contribution in [2.24, 2.45) is 4.99 Å². The van der Waals surface area contributed by atoms with E-state index in [9.17, 15) is 4.79 Å². The van der Waals surface area contributed by atoms with Gasteiger partial charge in [-0.25, -0.2) is 9.98 Å². The molecule has 0 N–H and O–H groups in total. The minimum Gasteiger partial charge on any atom is -0.320 e. The van der Waals surface area contributed by atoms with Crippen molar-refractivity contribution in [2.45, 2.75) is 50.9 Å². The summed E-state index contributed by atoms with van der Waals surface area (Å²) < 4.78 is 2.00. The Kier molecular flexibility index (Phi) is 4.37. The van der Waals surface area contributed by atoms with Gasteiger partial charge in [-0.05, 0) is 24.0 Å². The van der Waals surface area contributed by atoms with Crippen LogP contribution in [0.2, 0.25) is 0 Å². The largest absolute Gasteiger partial charge is 0.320 e. The third-order valence-corrected chi connectivity index (χ3v) is 6.64. The number of imidazole rings is 1. The lowest BCUT2D eigenvalue weighted by atomic mass is 9.90. The summed E-state index contributed by atoms with van der Waals surface area (Å²) in [4.78, 5) is 27.7. The van der Waals surface area contributed by atoms with Gasteiger partial charge in [0.05, 0.1) is 25.0 Å². The highest BCUT2D eigenvalue weighted by molar-refractivity contribution is 6.18. The maximum Gasteiger partial charge on any atom is 0.281 e. The zero-order valence-electron chi connectivity index (χ0n) is 17.4. The van der Waals surface area contributed by atoms with E-state index in [4.69, 9.17) is 9.98 Å². The third kappa shape index (κ3) is 3.05. The van der Waals surface area contributed by atoms with Gasteiger partial charge in [0, 0.05) is 6.54 Å². The van der Waals surface area contributed by atoms with Gasteiger partial charge >= 0.3 is 0 Å². The highest BCUT2D eigenvalue weighted by atomic mass is 16.2. The van der Waals surface area contributed by atoms with E-state index >= 15 is 0 Å². The van der Waals surface area contributed by atoms with E-state index in [0.717, 1.165) is 35.7 Å². The summed E-state index contributed by atoms with van der Waals surface area (Å²) in [5.41, 5.74) is 2.93. The molecule has 6 rings (SSSR count). The minimum atomic E-state index is -0.0130. The van der Waals surface area contributed by atoms with E-state index in [0.29, 0.717) is 24.8 Å². The SMILES string of the molecule is O=C1c2c(ncn2Cc2ccccc2)N2C(=N[C@@H]3CCCC[C@@H]32)N1Cc1ccccc1. The van der Waals surface area contributed by atoms with Crippen LogP contribution in [0, 0.1) is 0 Å². The molecule has 31 heavy (non-hydrogen) atoms. The summed E-state index contributed by atoms with van der Waals surface area (Å²) in [5, 5.41) is 0. The molecule has 2 aliphatic heterocycles. The first-order valence-electron chi connectivity index (χ1n) is 11.1. The molecule has 0 saturated heterocycles. The Labute approximate surface area is 181 Å². The van der Waals surface area contributed by atoms with E-state index in [2.05, 4.69) is 29.2 Å². The van der Waals surface area contributed by atoms with Gasteiger partial charge in [-0.15, -0.1) is 0 Å². The maximum atomic E-state index is 13.8. The Balaban J connectivity index is 1.43. The molecule has 1 amide bonds. The molecule has 1 aromatic heterocycles. The first-order valence-corrected chi connectivity index (χ1v) is 11.1. The monoisotopic (exact) mass is 411 g/mol. The van der Waals surface area contributed by atoms with Gasteiger partial charge in [-0.3, -0.25) is 14.6 Å². The Morgan fingerprint density at radius 3 is 2.29 bits per heavy atom. The van der Waals surface area contributed by atoms with E-state index < -0.39 is 0 Å². The van der Waals surface area contributed by atoms with Crippen molar-refractivity contribution in [3.8, 4) is 0 Å². The van der Waals surface area contributed by atoms with Crippen LogP contribution in [0.5, 0.6) is 0 Å². The molecular formula is C25H25N5O. The fourth-order valence-corrected chi connectivity index (χ4v) is 5.15. The van der Waals surface area contributed by atoms with Crippen LogP contribution in [-0.4, -0.2) is 38.4 Å². The Hall–Kier alpha value is -3.41. The summed E-state index contributed by atoms with van der Waals surface area (Å²) in [6.45, 7) is 1.15. The van der Waals surface area contributed by atoms with Crippen molar-refractivity contribution in [2.75, 3.05) is 4.90 Å². The van der Waals surface area contributed by atoms with Crippen molar-refractivity contribution >= 4 is 17.7 Å². The lowest BCUT2D eigenvalue weighted by Gasteiger charge is -2.38. The second-order valence-corrected chi connectivity index (χ2v) is 8.63. The Morgan fingerprint density at radius 1 is 0.871 bits per heavy atom.